The van der Waals surface area contributed by atoms with Gasteiger partial charge in [0, 0.05) is 2.74 Å². The monoisotopic (exact) mass is 147 g/mol. The van der Waals surface area contributed by atoms with Gasteiger partial charge in [-0.25, -0.2) is 0 Å². The molecule has 0 saturated heterocycles. The van der Waals surface area contributed by atoms with E-state index in [0.29, 0.717) is 13.0 Å². The van der Waals surface area contributed by atoms with Gasteiger partial charge in [0.05, 0.1) is 0 Å². The van der Waals surface area contributed by atoms with Crippen LogP contribution in [0.2, 0.25) is 0 Å². The van der Waals surface area contributed by atoms with Crippen molar-refractivity contribution in [3.63, 3.8) is 0 Å². The minimum Gasteiger partial charge on any atom is -0.330 e. The van der Waals surface area contributed by atoms with E-state index in [1.165, 1.54) is 0 Å². The zero-order chi connectivity index (χ0) is 9.40. The quantitative estimate of drug-likeness (QED) is 0.432. The van der Waals surface area contributed by atoms with E-state index in [2.05, 4.69) is 5.32 Å². The van der Waals surface area contributed by atoms with E-state index >= 15 is 0 Å². The zero-order valence-corrected chi connectivity index (χ0v) is 6.34. The van der Waals surface area contributed by atoms with Crippen LogP contribution in [0.4, 0.5) is 0 Å². The van der Waals surface area contributed by atoms with Crippen LogP contribution in [0.25, 0.3) is 0 Å². The maximum absolute atomic E-state index is 7.33. The van der Waals surface area contributed by atoms with E-state index in [0.717, 1.165) is 19.5 Å². The molecule has 3 heteroatoms. The average Bonchev–Trinajstić information content (AvgIpc) is 2.03. The summed E-state index contributed by atoms with van der Waals surface area (Å²) in [7, 11) is 0. The molecule has 0 aromatic carbocycles. The zero-order valence-electron chi connectivity index (χ0n) is 8.34. The van der Waals surface area contributed by atoms with Crippen molar-refractivity contribution in [1.29, 1.82) is 0 Å². The van der Waals surface area contributed by atoms with Crippen LogP contribution in [0.5, 0.6) is 0 Å². The van der Waals surface area contributed by atoms with E-state index < -0.39 is 12.9 Å². The Morgan fingerprint density at radius 3 is 2.50 bits per heavy atom. The molecule has 0 radical (unpaired) electrons. The molecule has 0 aliphatic heterocycles. The van der Waals surface area contributed by atoms with Crippen molar-refractivity contribution in [2.45, 2.75) is 19.2 Å². The third kappa shape index (κ3) is 7.88. The molecule has 0 aromatic heterocycles. The van der Waals surface area contributed by atoms with Crippen molar-refractivity contribution in [3.8, 4) is 0 Å². The lowest BCUT2D eigenvalue weighted by molar-refractivity contribution is 0.611. The Labute approximate surface area is 66.0 Å². The SMILES string of the molecule is [2H][C@H](N)[C@@H]([2H])CCNCCCN. The average molecular weight is 147 g/mol. The van der Waals surface area contributed by atoms with Crippen molar-refractivity contribution in [1.82, 2.24) is 5.32 Å². The second-order valence-electron chi connectivity index (χ2n) is 2.11. The normalized spacial score (nSPS) is 19.4. The van der Waals surface area contributed by atoms with Crippen LogP contribution in [0, 0.1) is 0 Å². The summed E-state index contributed by atoms with van der Waals surface area (Å²) in [5, 5.41) is 3.13. The number of nitrogens with two attached hydrogens (primary N) is 2. The summed E-state index contributed by atoms with van der Waals surface area (Å²) in [6, 6.07) is 0. The summed E-state index contributed by atoms with van der Waals surface area (Å²) in [5.74, 6) is 0. The van der Waals surface area contributed by atoms with Crippen molar-refractivity contribution in [3.05, 3.63) is 0 Å². The van der Waals surface area contributed by atoms with Crippen molar-refractivity contribution >= 4 is 0 Å². The molecule has 0 aliphatic carbocycles. The molecular formula is C7H19N3. The summed E-state index contributed by atoms with van der Waals surface area (Å²) in [6.07, 6.45) is 1.11. The number of nitrogens with one attached hydrogen (secondary N) is 1. The Morgan fingerprint density at radius 1 is 1.20 bits per heavy atom. The predicted molar refractivity (Wildman–Crippen MR) is 44.8 cm³/mol. The highest BCUT2D eigenvalue weighted by Gasteiger charge is 1.85. The molecule has 5 N–H and O–H groups in total. The third-order valence-corrected chi connectivity index (χ3v) is 1.18. The fraction of sp³-hybridized carbons (Fsp3) is 1.00. The van der Waals surface area contributed by atoms with Gasteiger partial charge in [-0.15, -0.1) is 0 Å². The first-order valence-electron chi connectivity index (χ1n) is 4.84. The van der Waals surface area contributed by atoms with Crippen LogP contribution >= 0.6 is 0 Å². The second kappa shape index (κ2) is 8.88. The highest BCUT2D eigenvalue weighted by Crippen LogP contribution is 1.81. The van der Waals surface area contributed by atoms with Crippen molar-refractivity contribution in [2.24, 2.45) is 11.5 Å². The van der Waals surface area contributed by atoms with Gasteiger partial charge in [0.2, 0.25) is 0 Å². The molecule has 3 nitrogen and oxygen atoms in total. The van der Waals surface area contributed by atoms with Gasteiger partial charge >= 0.3 is 0 Å². The van der Waals surface area contributed by atoms with Crippen LogP contribution in [-0.2, 0) is 0 Å². The van der Waals surface area contributed by atoms with Gasteiger partial charge in [-0.1, -0.05) is 0 Å². The van der Waals surface area contributed by atoms with Crippen LogP contribution in [0.1, 0.15) is 22.0 Å². The minimum absolute atomic E-state index is 0.477. The van der Waals surface area contributed by atoms with Gasteiger partial charge in [0.25, 0.3) is 0 Å². The third-order valence-electron chi connectivity index (χ3n) is 1.18. The Morgan fingerprint density at radius 2 is 1.90 bits per heavy atom. The van der Waals surface area contributed by atoms with Crippen LogP contribution in [-0.4, -0.2) is 26.2 Å². The molecule has 0 rings (SSSR count). The standard InChI is InChI=1S/C7H19N3/c8-4-1-2-6-10-7-3-5-9/h10H,1-9H2/i1D,4D/t1-,4-/m0/s1. The molecule has 0 aromatic rings. The first-order chi connectivity index (χ1) is 5.68. The van der Waals surface area contributed by atoms with Gasteiger partial charge in [-0.05, 0) is 45.4 Å². The first-order valence-corrected chi connectivity index (χ1v) is 3.69. The molecule has 62 valence electrons. The summed E-state index contributed by atoms with van der Waals surface area (Å²) in [6.45, 7) is 1.55. The molecule has 0 amide bonds. The molecule has 0 bridgehead atoms. The number of rotatable bonds is 7. The van der Waals surface area contributed by atoms with Gasteiger partial charge in [0.1, 0.15) is 0 Å². The van der Waals surface area contributed by atoms with E-state index in [4.69, 9.17) is 14.2 Å². The maximum Gasteiger partial charge on any atom is 0.0425 e. The number of hydrogen-bond donors (Lipinski definition) is 3. The number of hydrogen-bond acceptors (Lipinski definition) is 3. The molecule has 0 fully saturated rings. The maximum atomic E-state index is 7.33. The topological polar surface area (TPSA) is 64.1 Å². The smallest absolute Gasteiger partial charge is 0.0425 e. The minimum atomic E-state index is -0.777. The molecule has 0 heterocycles. The molecular weight excluding hydrogens is 126 g/mol. The van der Waals surface area contributed by atoms with E-state index in [9.17, 15) is 0 Å². The lowest BCUT2D eigenvalue weighted by Crippen LogP contribution is -2.19. The Bertz CT molecular complexity index is 101. The fourth-order valence-electron chi connectivity index (χ4n) is 0.634. The van der Waals surface area contributed by atoms with Crippen molar-refractivity contribution < 1.29 is 2.74 Å². The molecule has 0 aliphatic rings. The summed E-state index contributed by atoms with van der Waals surface area (Å²) in [4.78, 5) is 0. The largest absolute Gasteiger partial charge is 0.330 e. The molecule has 10 heavy (non-hydrogen) atoms. The van der Waals surface area contributed by atoms with Gasteiger partial charge < -0.3 is 16.8 Å². The van der Waals surface area contributed by atoms with Crippen LogP contribution in [0.3, 0.4) is 0 Å². The Balaban J connectivity index is 3.08. The van der Waals surface area contributed by atoms with Gasteiger partial charge in [-0.2, -0.15) is 0 Å². The highest BCUT2D eigenvalue weighted by atomic mass is 14.8. The molecule has 2 atom stereocenters. The fourth-order valence-corrected chi connectivity index (χ4v) is 0.634. The summed E-state index contributed by atoms with van der Waals surface area (Å²) < 4.78 is 14.4. The van der Waals surface area contributed by atoms with Crippen LogP contribution < -0.4 is 16.8 Å². The Kier molecular flexibility index (Phi) is 5.84. The van der Waals surface area contributed by atoms with Crippen LogP contribution in [0.15, 0.2) is 0 Å². The summed E-state index contributed by atoms with van der Waals surface area (Å²) >= 11 is 0. The highest BCUT2D eigenvalue weighted by molar-refractivity contribution is 4.49. The predicted octanol–water partition coefficient (Wildman–Crippen LogP) is -0.336. The molecule has 0 saturated carbocycles. The molecule has 0 spiro atoms. The Hall–Kier alpha value is -0.120. The lowest BCUT2D eigenvalue weighted by atomic mass is 10.3. The lowest BCUT2D eigenvalue weighted by Gasteiger charge is -2.01. The summed E-state index contributed by atoms with van der Waals surface area (Å²) in [5.41, 5.74) is 10.5. The first kappa shape index (κ1) is 6.58. The second-order valence-corrected chi connectivity index (χ2v) is 2.11. The van der Waals surface area contributed by atoms with E-state index in [1.807, 2.05) is 0 Å². The van der Waals surface area contributed by atoms with Gasteiger partial charge in [-0.3, -0.25) is 0 Å². The van der Waals surface area contributed by atoms with Crippen molar-refractivity contribution in [2.75, 3.05) is 26.2 Å². The van der Waals surface area contributed by atoms with Gasteiger partial charge in [0.15, 0.2) is 0 Å². The van der Waals surface area contributed by atoms with E-state index in [-0.39, 0.29) is 0 Å². The van der Waals surface area contributed by atoms with E-state index in [1.54, 1.807) is 0 Å². The molecule has 0 unspecified atom stereocenters.